The van der Waals surface area contributed by atoms with E-state index in [1.807, 2.05) is 0 Å². The van der Waals surface area contributed by atoms with Gasteiger partial charge in [0.1, 0.15) is 0 Å². The average molecular weight is 304 g/mol. The second-order valence-corrected chi connectivity index (χ2v) is 8.08. The lowest BCUT2D eigenvalue weighted by molar-refractivity contribution is -0.123. The van der Waals surface area contributed by atoms with Crippen LogP contribution in [0.1, 0.15) is 38.5 Å². The number of hydrogen-bond acceptors (Lipinski definition) is 5. The highest BCUT2D eigenvalue weighted by atomic mass is 32.2. The molecule has 1 saturated carbocycles. The van der Waals surface area contributed by atoms with Crippen LogP contribution < -0.4 is 10.6 Å². The Hall–Kier alpha value is -0.660. The molecule has 2 fully saturated rings. The molecule has 6 nitrogen and oxygen atoms in total. The summed E-state index contributed by atoms with van der Waals surface area (Å²) in [7, 11) is -3.02. The molecule has 116 valence electrons. The van der Waals surface area contributed by atoms with Crippen molar-refractivity contribution < 1.29 is 18.3 Å². The van der Waals surface area contributed by atoms with Crippen molar-refractivity contribution in [3.05, 3.63) is 0 Å². The Labute approximate surface area is 120 Å². The summed E-state index contributed by atoms with van der Waals surface area (Å²) in [5.74, 6) is -0.00865. The topological polar surface area (TPSA) is 95.5 Å². The minimum Gasteiger partial charge on any atom is -0.391 e. The van der Waals surface area contributed by atoms with E-state index in [-0.39, 0.29) is 35.9 Å². The van der Waals surface area contributed by atoms with E-state index < -0.39 is 15.9 Å². The van der Waals surface area contributed by atoms with Crippen molar-refractivity contribution in [2.75, 3.05) is 18.1 Å². The minimum absolute atomic E-state index is 0.0215. The molecule has 0 bridgehead atoms. The van der Waals surface area contributed by atoms with Crippen molar-refractivity contribution in [2.24, 2.45) is 0 Å². The molecule has 3 unspecified atom stereocenters. The fourth-order valence-corrected chi connectivity index (χ4v) is 4.39. The van der Waals surface area contributed by atoms with Crippen LogP contribution in [0.3, 0.4) is 0 Å². The highest BCUT2D eigenvalue weighted by Crippen LogP contribution is 2.18. The molecule has 0 aromatic carbocycles. The Kier molecular flexibility index (Phi) is 5.40. The van der Waals surface area contributed by atoms with E-state index in [2.05, 4.69) is 10.6 Å². The van der Waals surface area contributed by atoms with Gasteiger partial charge in [-0.25, -0.2) is 8.42 Å². The van der Waals surface area contributed by atoms with Crippen LogP contribution in [0.4, 0.5) is 0 Å². The average Bonchev–Trinajstić information content (AvgIpc) is 2.53. The van der Waals surface area contributed by atoms with Gasteiger partial charge in [-0.3, -0.25) is 4.79 Å². The molecule has 1 amide bonds. The second-order valence-electron chi connectivity index (χ2n) is 5.85. The monoisotopic (exact) mass is 304 g/mol. The SMILES string of the molecule is O=C(CC1CS(=O)(=O)CCN1)NC1CCCCCC1O. The maximum Gasteiger partial charge on any atom is 0.221 e. The maximum absolute atomic E-state index is 12.0. The summed E-state index contributed by atoms with van der Waals surface area (Å²) >= 11 is 0. The number of sulfone groups is 1. The van der Waals surface area contributed by atoms with Crippen LogP contribution in [0.15, 0.2) is 0 Å². The van der Waals surface area contributed by atoms with E-state index in [0.717, 1.165) is 32.1 Å². The minimum atomic E-state index is -3.02. The third-order valence-electron chi connectivity index (χ3n) is 4.06. The van der Waals surface area contributed by atoms with Crippen LogP contribution in [0.25, 0.3) is 0 Å². The van der Waals surface area contributed by atoms with Gasteiger partial charge in [0.25, 0.3) is 0 Å². The van der Waals surface area contributed by atoms with Crippen molar-refractivity contribution in [3.8, 4) is 0 Å². The van der Waals surface area contributed by atoms with E-state index in [1.54, 1.807) is 0 Å². The molecule has 0 spiro atoms. The van der Waals surface area contributed by atoms with E-state index in [9.17, 15) is 18.3 Å². The van der Waals surface area contributed by atoms with Crippen LogP contribution >= 0.6 is 0 Å². The Balaban J connectivity index is 1.82. The third-order valence-corrected chi connectivity index (χ3v) is 5.80. The van der Waals surface area contributed by atoms with Crippen LogP contribution in [-0.2, 0) is 14.6 Å². The number of hydrogen-bond donors (Lipinski definition) is 3. The lowest BCUT2D eigenvalue weighted by atomic mass is 10.1. The lowest BCUT2D eigenvalue weighted by Crippen LogP contribution is -2.49. The molecule has 0 radical (unpaired) electrons. The molecule has 1 saturated heterocycles. The Bertz CT molecular complexity index is 438. The van der Waals surface area contributed by atoms with E-state index >= 15 is 0 Å². The number of carbonyl (C=O) groups is 1. The summed E-state index contributed by atoms with van der Waals surface area (Å²) in [4.78, 5) is 12.0. The van der Waals surface area contributed by atoms with E-state index in [0.29, 0.717) is 6.54 Å². The molecule has 20 heavy (non-hydrogen) atoms. The predicted octanol–water partition coefficient (Wildman–Crippen LogP) is -0.427. The molecule has 7 heteroatoms. The summed E-state index contributed by atoms with van der Waals surface area (Å²) in [6.45, 7) is 0.409. The van der Waals surface area contributed by atoms with Crippen molar-refractivity contribution in [2.45, 2.75) is 56.7 Å². The highest BCUT2D eigenvalue weighted by molar-refractivity contribution is 7.91. The molecule has 1 aliphatic carbocycles. The molecule has 2 aliphatic rings. The third kappa shape index (κ3) is 4.71. The number of rotatable bonds is 3. The van der Waals surface area contributed by atoms with Gasteiger partial charge in [-0.2, -0.15) is 0 Å². The van der Waals surface area contributed by atoms with Gasteiger partial charge >= 0.3 is 0 Å². The number of aliphatic hydroxyl groups is 1. The smallest absolute Gasteiger partial charge is 0.221 e. The molecule has 0 aromatic rings. The van der Waals surface area contributed by atoms with Crippen molar-refractivity contribution >= 4 is 15.7 Å². The fraction of sp³-hybridized carbons (Fsp3) is 0.923. The number of carbonyl (C=O) groups excluding carboxylic acids is 1. The van der Waals surface area contributed by atoms with Gasteiger partial charge in [0.05, 0.1) is 23.7 Å². The van der Waals surface area contributed by atoms with Crippen molar-refractivity contribution in [1.29, 1.82) is 0 Å². The first kappa shape index (κ1) is 15.7. The van der Waals surface area contributed by atoms with Gasteiger partial charge in [-0.1, -0.05) is 19.3 Å². The zero-order valence-corrected chi connectivity index (χ0v) is 12.5. The van der Waals surface area contributed by atoms with Crippen LogP contribution in [-0.4, -0.2) is 55.7 Å². The number of aliphatic hydroxyl groups excluding tert-OH is 1. The molecule has 2 rings (SSSR count). The van der Waals surface area contributed by atoms with Crippen LogP contribution in [0, 0.1) is 0 Å². The largest absolute Gasteiger partial charge is 0.391 e. The highest BCUT2D eigenvalue weighted by Gasteiger charge is 2.28. The number of amides is 1. The lowest BCUT2D eigenvalue weighted by Gasteiger charge is -2.26. The number of nitrogens with one attached hydrogen (secondary N) is 2. The van der Waals surface area contributed by atoms with Gasteiger partial charge in [0, 0.05) is 19.0 Å². The standard InChI is InChI=1S/C13H24N2O4S/c16-12-5-3-1-2-4-11(12)15-13(17)8-10-9-20(18,19)7-6-14-10/h10-12,14,16H,1-9H2,(H,15,17). The first-order valence-electron chi connectivity index (χ1n) is 7.37. The molecular weight excluding hydrogens is 280 g/mol. The fourth-order valence-electron chi connectivity index (χ4n) is 2.94. The maximum atomic E-state index is 12.0. The molecule has 3 atom stereocenters. The molecule has 3 N–H and O–H groups in total. The summed E-state index contributed by atoms with van der Waals surface area (Å²) in [6.07, 6.45) is 4.29. The van der Waals surface area contributed by atoms with Gasteiger partial charge in [-0.05, 0) is 12.8 Å². The van der Waals surface area contributed by atoms with Gasteiger partial charge < -0.3 is 15.7 Å². The molecular formula is C13H24N2O4S. The first-order valence-corrected chi connectivity index (χ1v) is 9.20. The molecule has 0 aromatic heterocycles. The summed E-state index contributed by atoms with van der Waals surface area (Å²) in [5, 5.41) is 15.9. The quantitative estimate of drug-likeness (QED) is 0.615. The van der Waals surface area contributed by atoms with Gasteiger partial charge in [-0.15, -0.1) is 0 Å². The second kappa shape index (κ2) is 6.87. The van der Waals surface area contributed by atoms with Crippen LogP contribution in [0.2, 0.25) is 0 Å². The van der Waals surface area contributed by atoms with Crippen molar-refractivity contribution in [3.63, 3.8) is 0 Å². The molecule has 1 aliphatic heterocycles. The van der Waals surface area contributed by atoms with E-state index in [4.69, 9.17) is 0 Å². The summed E-state index contributed by atoms with van der Waals surface area (Å²) < 4.78 is 23.0. The molecule has 1 heterocycles. The van der Waals surface area contributed by atoms with Gasteiger partial charge in [0.2, 0.25) is 5.91 Å². The van der Waals surface area contributed by atoms with Crippen molar-refractivity contribution in [1.82, 2.24) is 10.6 Å². The first-order chi connectivity index (χ1) is 9.46. The Morgan fingerprint density at radius 3 is 2.75 bits per heavy atom. The normalized spacial score (nSPS) is 34.1. The van der Waals surface area contributed by atoms with E-state index in [1.165, 1.54) is 0 Å². The Morgan fingerprint density at radius 1 is 1.25 bits per heavy atom. The zero-order chi connectivity index (χ0) is 14.6. The van der Waals surface area contributed by atoms with Gasteiger partial charge in [0.15, 0.2) is 9.84 Å². The summed E-state index contributed by atoms with van der Waals surface area (Å²) in [5.41, 5.74) is 0. The predicted molar refractivity (Wildman–Crippen MR) is 76.1 cm³/mol. The Morgan fingerprint density at radius 2 is 2.00 bits per heavy atom. The zero-order valence-electron chi connectivity index (χ0n) is 11.7. The van der Waals surface area contributed by atoms with Crippen LogP contribution in [0.5, 0.6) is 0 Å². The summed E-state index contributed by atoms with van der Waals surface area (Å²) in [6, 6.07) is -0.498.